The number of aryl methyl sites for hydroxylation is 1. The van der Waals surface area contributed by atoms with Crippen LogP contribution in [-0.4, -0.2) is 92.4 Å². The van der Waals surface area contributed by atoms with Gasteiger partial charge in [0.05, 0.1) is 34.7 Å². The number of benzene rings is 1. The minimum absolute atomic E-state index is 0.0204. The van der Waals surface area contributed by atoms with Crippen molar-refractivity contribution in [1.82, 2.24) is 40.2 Å². The van der Waals surface area contributed by atoms with Crippen molar-refractivity contribution in [3.63, 3.8) is 0 Å². The van der Waals surface area contributed by atoms with Crippen LogP contribution in [-0.2, 0) is 30.6 Å². The molecule has 15 nitrogen and oxygen atoms in total. The first kappa shape index (κ1) is 38.1. The highest BCUT2D eigenvalue weighted by Gasteiger charge is 2.62. The Bertz CT molecular complexity index is 2150. The van der Waals surface area contributed by atoms with E-state index in [1.165, 1.54) is 30.6 Å². The first-order valence-electron chi connectivity index (χ1n) is 18.1. The Morgan fingerprint density at radius 3 is 2.45 bits per heavy atom. The van der Waals surface area contributed by atoms with Crippen LogP contribution in [0.2, 0.25) is 0 Å². The number of aromatic nitrogens is 4. The predicted octanol–water partition coefficient (Wildman–Crippen LogP) is 2.90. The van der Waals surface area contributed by atoms with E-state index in [-0.39, 0.29) is 36.0 Å². The van der Waals surface area contributed by atoms with Gasteiger partial charge >= 0.3 is 6.18 Å². The normalized spacial score (nSPS) is 26.8. The molecule has 292 valence electrons. The van der Waals surface area contributed by atoms with Crippen molar-refractivity contribution in [2.75, 3.05) is 6.54 Å². The average molecular weight is 785 g/mol. The van der Waals surface area contributed by atoms with Gasteiger partial charge in [-0.25, -0.2) is 23.4 Å². The molecule has 19 heteroatoms. The second kappa shape index (κ2) is 14.8. The minimum atomic E-state index is -4.97. The van der Waals surface area contributed by atoms with Gasteiger partial charge in [0.25, 0.3) is 11.8 Å². The van der Waals surface area contributed by atoms with E-state index < -0.39 is 92.8 Å². The number of hydrogen-bond acceptors (Lipinski definition) is 11. The van der Waals surface area contributed by atoms with E-state index in [1.807, 2.05) is 6.08 Å². The molecule has 2 aliphatic carbocycles. The molecule has 2 aromatic heterocycles. The third-order valence-electron chi connectivity index (χ3n) is 10.2. The van der Waals surface area contributed by atoms with Crippen LogP contribution in [0, 0.1) is 12.8 Å². The molecule has 0 bridgehead atoms. The molecule has 3 N–H and O–H groups in total. The summed E-state index contributed by atoms with van der Waals surface area (Å²) < 4.78 is 76.3. The zero-order chi connectivity index (χ0) is 39.1. The first-order chi connectivity index (χ1) is 26.1. The molecule has 2 saturated carbocycles. The van der Waals surface area contributed by atoms with Gasteiger partial charge in [0.2, 0.25) is 33.4 Å². The van der Waals surface area contributed by atoms with E-state index in [9.17, 15) is 40.8 Å². The second-order valence-electron chi connectivity index (χ2n) is 14.4. The van der Waals surface area contributed by atoms with E-state index in [0.29, 0.717) is 44.2 Å². The number of amides is 4. The number of halogens is 3. The van der Waals surface area contributed by atoms with Crippen LogP contribution in [0.25, 0.3) is 11.0 Å². The number of ether oxygens (including phenoxy) is 1. The van der Waals surface area contributed by atoms with Gasteiger partial charge < -0.3 is 20.3 Å². The molecule has 3 aromatic rings. The Labute approximate surface area is 314 Å². The maximum atomic E-state index is 14.5. The molecule has 5 atom stereocenters. The van der Waals surface area contributed by atoms with Crippen LogP contribution in [0.3, 0.4) is 0 Å². The van der Waals surface area contributed by atoms with Gasteiger partial charge in [-0.3, -0.25) is 28.9 Å². The fourth-order valence-corrected chi connectivity index (χ4v) is 8.36. The first-order valence-corrected chi connectivity index (χ1v) is 19.6. The Kier molecular flexibility index (Phi) is 10.2. The molecule has 0 spiro atoms. The summed E-state index contributed by atoms with van der Waals surface area (Å²) in [5, 5.41) is 4.70. The number of nitrogens with one attached hydrogen (secondary N) is 3. The van der Waals surface area contributed by atoms with E-state index >= 15 is 0 Å². The number of alkyl halides is 3. The van der Waals surface area contributed by atoms with Crippen LogP contribution in [0.15, 0.2) is 48.8 Å². The van der Waals surface area contributed by atoms with Crippen molar-refractivity contribution in [2.24, 2.45) is 5.92 Å². The zero-order valence-electron chi connectivity index (χ0n) is 29.7. The Morgan fingerprint density at radius 2 is 1.76 bits per heavy atom. The van der Waals surface area contributed by atoms with E-state index in [4.69, 9.17) is 4.74 Å². The van der Waals surface area contributed by atoms with Crippen LogP contribution in [0.4, 0.5) is 13.2 Å². The van der Waals surface area contributed by atoms with Gasteiger partial charge in [0.15, 0.2) is 0 Å². The molecule has 4 heterocycles. The van der Waals surface area contributed by atoms with Gasteiger partial charge in [0, 0.05) is 18.5 Å². The number of allylic oxidation sites excluding steroid dienone is 1. The molecular weight excluding hydrogens is 746 g/mol. The van der Waals surface area contributed by atoms with Crippen molar-refractivity contribution in [2.45, 2.75) is 99.9 Å². The topological polar surface area (TPSA) is 203 Å². The smallest absolute Gasteiger partial charge is 0.438 e. The number of sulfonamides is 1. The van der Waals surface area contributed by atoms with E-state index in [0.717, 1.165) is 4.90 Å². The third-order valence-corrected chi connectivity index (χ3v) is 12.1. The van der Waals surface area contributed by atoms with E-state index in [2.05, 4.69) is 35.3 Å². The molecule has 0 radical (unpaired) electrons. The van der Waals surface area contributed by atoms with Crippen LogP contribution in [0.1, 0.15) is 79.7 Å². The summed E-state index contributed by atoms with van der Waals surface area (Å²) in [6.45, 7) is 1.30. The van der Waals surface area contributed by atoms with Crippen molar-refractivity contribution in [1.29, 1.82) is 0 Å². The number of carbonyl (C=O) groups is 4. The number of rotatable bonds is 7. The average Bonchev–Trinajstić information content (AvgIpc) is 4.06. The summed E-state index contributed by atoms with van der Waals surface area (Å²) >= 11 is 0. The van der Waals surface area contributed by atoms with Gasteiger partial charge in [-0.2, -0.15) is 13.2 Å². The molecule has 0 unspecified atom stereocenters. The lowest BCUT2D eigenvalue weighted by atomic mass is 10.0. The monoisotopic (exact) mass is 784 g/mol. The molecule has 1 saturated heterocycles. The third kappa shape index (κ3) is 8.25. The molecule has 4 aliphatic rings. The standard InChI is InChI=1S/C36H39F3N8O7S/c1-20-17-41-27(18-40-20)30(48)43-26-12-6-4-2-3-5-9-21-16-35(21,34(51)46-55(52,53)23-13-14-23)45-31(49)28-15-22(19-47(28)33(26)50)54-32-29(36(37,38)39)42-24-10-7-8-11-25(24)44-32/h5,7-11,17-18,21-23,26,28H,2-4,6,12-16,19H2,1H3,(H,43,48)(H,45,49)(H,46,51)/b9-5-/t21-,22-,26+,28+,35-/m1/s1. The largest absolute Gasteiger partial charge is 0.471 e. The second-order valence-corrected chi connectivity index (χ2v) is 16.4. The molecule has 1 aromatic carbocycles. The summed E-state index contributed by atoms with van der Waals surface area (Å²) in [6, 6.07) is 3.33. The highest BCUT2D eigenvalue weighted by molar-refractivity contribution is 7.91. The molecule has 2 aliphatic heterocycles. The summed E-state index contributed by atoms with van der Waals surface area (Å²) in [5.74, 6) is -4.58. The summed E-state index contributed by atoms with van der Waals surface area (Å²) in [4.78, 5) is 72.9. The highest BCUT2D eigenvalue weighted by atomic mass is 32.2. The van der Waals surface area contributed by atoms with Crippen LogP contribution >= 0.6 is 0 Å². The number of fused-ring (bicyclic) bond motifs is 3. The van der Waals surface area contributed by atoms with Gasteiger partial charge in [-0.1, -0.05) is 37.1 Å². The van der Waals surface area contributed by atoms with Crippen molar-refractivity contribution in [3.05, 3.63) is 65.9 Å². The molecule has 55 heavy (non-hydrogen) atoms. The van der Waals surface area contributed by atoms with Crippen molar-refractivity contribution >= 4 is 44.7 Å². The van der Waals surface area contributed by atoms with Crippen LogP contribution < -0.4 is 20.1 Å². The molecule has 4 amide bonds. The van der Waals surface area contributed by atoms with Gasteiger partial charge in [-0.15, -0.1) is 0 Å². The zero-order valence-corrected chi connectivity index (χ0v) is 30.5. The number of hydrogen-bond donors (Lipinski definition) is 3. The maximum Gasteiger partial charge on any atom is 0.438 e. The minimum Gasteiger partial charge on any atom is -0.471 e. The lowest BCUT2D eigenvalue weighted by Gasteiger charge is -2.29. The summed E-state index contributed by atoms with van der Waals surface area (Å²) in [7, 11) is -3.99. The summed E-state index contributed by atoms with van der Waals surface area (Å²) in [5.41, 5.74) is -2.44. The maximum absolute atomic E-state index is 14.5. The lowest BCUT2D eigenvalue weighted by molar-refractivity contribution is -0.143. The molecular formula is C36H39F3N8O7S. The number of para-hydroxylation sites is 2. The summed E-state index contributed by atoms with van der Waals surface area (Å²) in [6.07, 6.45) is 3.24. The Morgan fingerprint density at radius 1 is 1.02 bits per heavy atom. The fourth-order valence-electron chi connectivity index (χ4n) is 7.00. The number of carbonyl (C=O) groups excluding carboxylic acids is 4. The molecule has 7 rings (SSSR count). The van der Waals surface area contributed by atoms with Crippen molar-refractivity contribution < 1.29 is 45.5 Å². The quantitative estimate of drug-likeness (QED) is 0.298. The van der Waals surface area contributed by atoms with Gasteiger partial charge in [0.1, 0.15) is 29.4 Å². The Hall–Kier alpha value is -5.20. The Balaban J connectivity index is 1.22. The van der Waals surface area contributed by atoms with Crippen molar-refractivity contribution in [3.8, 4) is 5.88 Å². The SMILES string of the molecule is Cc1cnc(C(=O)N[C@H]2CCCCC/C=C\[C@@H]3C[C@@]3(C(=O)NS(=O)(=O)C3CC3)NC(=O)[C@@H]3C[C@@H](Oc4nc5ccccc5nc4C(F)(F)F)CN3C2=O)cn1. The highest BCUT2D eigenvalue weighted by Crippen LogP contribution is 2.46. The molecule has 3 fully saturated rings. The van der Waals surface area contributed by atoms with E-state index in [1.54, 1.807) is 19.1 Å². The fraction of sp³-hybridized carbons (Fsp3) is 0.500. The lowest BCUT2D eigenvalue weighted by Crippen LogP contribution is -2.58. The predicted molar refractivity (Wildman–Crippen MR) is 188 cm³/mol. The van der Waals surface area contributed by atoms with Crippen LogP contribution in [0.5, 0.6) is 5.88 Å². The number of nitrogens with zero attached hydrogens (tertiary/aromatic N) is 5. The van der Waals surface area contributed by atoms with Gasteiger partial charge in [-0.05, 0) is 57.6 Å².